The highest BCUT2D eigenvalue weighted by Gasteiger charge is 2.26. The third-order valence-electron chi connectivity index (χ3n) is 6.73. The van der Waals surface area contributed by atoms with Gasteiger partial charge in [-0.3, -0.25) is 4.90 Å². The molecule has 35 heavy (non-hydrogen) atoms. The molecular weight excluding hydrogens is 444 g/mol. The minimum atomic E-state index is 0.248. The molecule has 0 bridgehead atoms. The van der Waals surface area contributed by atoms with Gasteiger partial charge in [-0.25, -0.2) is 9.20 Å². The summed E-state index contributed by atoms with van der Waals surface area (Å²) in [6.45, 7) is 17.4. The van der Waals surface area contributed by atoms with E-state index in [1.807, 2.05) is 28.4 Å². The molecule has 0 aromatic carbocycles. The van der Waals surface area contributed by atoms with Gasteiger partial charge in [-0.15, -0.1) is 16.0 Å². The van der Waals surface area contributed by atoms with Gasteiger partial charge in [-0.05, 0) is 32.8 Å². The summed E-state index contributed by atoms with van der Waals surface area (Å²) in [7, 11) is 0. The minimum absolute atomic E-state index is 0.248. The average molecular weight is 475 g/mol. The first-order chi connectivity index (χ1) is 17.2. The number of morpholine rings is 1. The van der Waals surface area contributed by atoms with Crippen molar-refractivity contribution in [3.05, 3.63) is 41.2 Å². The quantitative estimate of drug-likeness (QED) is 0.401. The predicted octanol–water partition coefficient (Wildman–Crippen LogP) is 2.45. The van der Waals surface area contributed by atoms with Crippen molar-refractivity contribution in [1.29, 1.82) is 0 Å². The summed E-state index contributed by atoms with van der Waals surface area (Å²) in [5.41, 5.74) is 4.43. The van der Waals surface area contributed by atoms with Crippen molar-refractivity contribution >= 4 is 5.52 Å². The third kappa shape index (κ3) is 4.81. The normalized spacial score (nSPS) is 17.2. The van der Waals surface area contributed by atoms with Gasteiger partial charge < -0.3 is 9.47 Å². The monoisotopic (exact) mass is 474 g/mol. The molecule has 0 aliphatic carbocycles. The Kier molecular flexibility index (Phi) is 6.84. The Labute approximate surface area is 205 Å². The van der Waals surface area contributed by atoms with Gasteiger partial charge >= 0.3 is 0 Å². The van der Waals surface area contributed by atoms with E-state index in [0.717, 1.165) is 92.6 Å². The lowest BCUT2D eigenvalue weighted by Crippen LogP contribution is -2.38. The molecule has 10 heteroatoms. The first-order valence-corrected chi connectivity index (χ1v) is 12.1. The van der Waals surface area contributed by atoms with Crippen LogP contribution in [0, 0.1) is 25.3 Å². The van der Waals surface area contributed by atoms with Crippen LogP contribution in [0.15, 0.2) is 18.5 Å². The van der Waals surface area contributed by atoms with Crippen LogP contribution >= 0.6 is 0 Å². The number of aromatic nitrogens is 5. The van der Waals surface area contributed by atoms with E-state index in [-0.39, 0.29) is 6.04 Å². The lowest BCUT2D eigenvalue weighted by molar-refractivity contribution is 0.0323. The average Bonchev–Trinajstić information content (AvgIpc) is 3.48. The van der Waals surface area contributed by atoms with Gasteiger partial charge in [0.1, 0.15) is 23.6 Å². The highest BCUT2D eigenvalue weighted by Crippen LogP contribution is 2.32. The number of hydrogen-bond acceptors (Lipinski definition) is 7. The van der Waals surface area contributed by atoms with Gasteiger partial charge in [0.05, 0.1) is 49.8 Å². The van der Waals surface area contributed by atoms with Gasteiger partial charge in [0.25, 0.3) is 0 Å². The van der Waals surface area contributed by atoms with Crippen molar-refractivity contribution < 1.29 is 9.47 Å². The maximum absolute atomic E-state index is 7.23. The smallest absolute Gasteiger partial charge is 0.147 e. The second kappa shape index (κ2) is 10.3. The number of rotatable bonds is 6. The van der Waals surface area contributed by atoms with Crippen LogP contribution in [0.1, 0.15) is 37.1 Å². The summed E-state index contributed by atoms with van der Waals surface area (Å²) < 4.78 is 15.6. The standard InChI is InChI=1S/C25H30N8O2/c1-4-5-20-17-27-32-18-21(16-23(25(20)32)35-15-12-30-10-13-34-14-11-30)24-19(2)33(29-28-24)22-6-8-31(26-3)9-7-22/h16-18,22H,6-15H2,1-2H3. The Balaban J connectivity index is 1.43. The molecule has 2 aliphatic heterocycles. The summed E-state index contributed by atoms with van der Waals surface area (Å²) in [6.07, 6.45) is 5.52. The second-order valence-electron chi connectivity index (χ2n) is 8.87. The zero-order chi connectivity index (χ0) is 24.2. The molecule has 5 heterocycles. The Bertz CT molecular complexity index is 1280. The number of ether oxygens (including phenoxy) is 2. The van der Waals surface area contributed by atoms with Crippen LogP contribution < -0.4 is 4.74 Å². The molecular formula is C25H30N8O2. The van der Waals surface area contributed by atoms with E-state index in [1.165, 1.54) is 0 Å². The Morgan fingerprint density at radius 1 is 1.23 bits per heavy atom. The molecule has 2 aliphatic rings. The molecule has 3 aromatic rings. The second-order valence-corrected chi connectivity index (χ2v) is 8.87. The SMILES string of the molecule is [C-]#[N+]N1CCC(n2nnc(-c3cc(OCCN4CCOCC4)c4c(C#CC)cnn4c3)c2C)CC1. The van der Waals surface area contributed by atoms with Crippen LogP contribution in [0.5, 0.6) is 5.75 Å². The van der Waals surface area contributed by atoms with Crippen LogP contribution in [0.4, 0.5) is 0 Å². The van der Waals surface area contributed by atoms with Gasteiger partial charge in [-0.1, -0.05) is 11.1 Å². The van der Waals surface area contributed by atoms with Crippen molar-refractivity contribution in [2.45, 2.75) is 32.7 Å². The molecule has 5 rings (SSSR count). The van der Waals surface area contributed by atoms with Crippen molar-refractivity contribution in [2.75, 3.05) is 52.5 Å². The van der Waals surface area contributed by atoms with E-state index in [4.69, 9.17) is 16.0 Å². The molecule has 0 spiro atoms. The molecule has 0 unspecified atom stereocenters. The van der Waals surface area contributed by atoms with Gasteiger partial charge in [0, 0.05) is 31.4 Å². The van der Waals surface area contributed by atoms with Gasteiger partial charge in [-0.2, -0.15) is 16.6 Å². The predicted molar refractivity (Wildman–Crippen MR) is 131 cm³/mol. The zero-order valence-corrected chi connectivity index (χ0v) is 20.3. The molecule has 0 radical (unpaired) electrons. The molecule has 0 atom stereocenters. The zero-order valence-electron chi connectivity index (χ0n) is 20.3. The van der Waals surface area contributed by atoms with E-state index in [1.54, 1.807) is 11.2 Å². The molecule has 2 fully saturated rings. The van der Waals surface area contributed by atoms with Crippen molar-refractivity contribution in [2.24, 2.45) is 0 Å². The van der Waals surface area contributed by atoms with E-state index >= 15 is 0 Å². The number of pyridine rings is 1. The van der Waals surface area contributed by atoms with Gasteiger partial charge in [0.2, 0.25) is 0 Å². The lowest BCUT2D eigenvalue weighted by atomic mass is 10.1. The summed E-state index contributed by atoms with van der Waals surface area (Å²) >= 11 is 0. The van der Waals surface area contributed by atoms with Crippen LogP contribution in [0.3, 0.4) is 0 Å². The van der Waals surface area contributed by atoms with E-state index in [2.05, 4.69) is 44.0 Å². The Morgan fingerprint density at radius 3 is 2.77 bits per heavy atom. The summed E-state index contributed by atoms with van der Waals surface area (Å²) in [5, 5.41) is 15.4. The van der Waals surface area contributed by atoms with Crippen molar-refractivity contribution in [3.63, 3.8) is 0 Å². The summed E-state index contributed by atoms with van der Waals surface area (Å²) in [6, 6.07) is 2.28. The number of piperidine rings is 1. The highest BCUT2D eigenvalue weighted by molar-refractivity contribution is 5.75. The fourth-order valence-electron chi connectivity index (χ4n) is 4.81. The first kappa shape index (κ1) is 23.2. The summed E-state index contributed by atoms with van der Waals surface area (Å²) in [5.74, 6) is 6.85. The van der Waals surface area contributed by atoms with Crippen LogP contribution in [-0.2, 0) is 4.74 Å². The Morgan fingerprint density at radius 2 is 2.03 bits per heavy atom. The molecule has 182 valence electrons. The lowest BCUT2D eigenvalue weighted by Gasteiger charge is -2.26. The Hall–Kier alpha value is -3.60. The maximum atomic E-state index is 7.23. The van der Waals surface area contributed by atoms with E-state index < -0.39 is 0 Å². The molecule has 10 nitrogen and oxygen atoms in total. The van der Waals surface area contributed by atoms with Crippen LogP contribution in [0.25, 0.3) is 21.7 Å². The summed E-state index contributed by atoms with van der Waals surface area (Å²) in [4.78, 5) is 5.90. The largest absolute Gasteiger partial charge is 0.490 e. The molecule has 3 aromatic heterocycles. The van der Waals surface area contributed by atoms with Crippen LogP contribution in [-0.4, -0.2) is 87.1 Å². The highest BCUT2D eigenvalue weighted by atomic mass is 16.5. The molecule has 2 saturated heterocycles. The number of fused-ring (bicyclic) bond motifs is 1. The first-order valence-electron chi connectivity index (χ1n) is 12.1. The van der Waals surface area contributed by atoms with Crippen LogP contribution in [0.2, 0.25) is 0 Å². The molecule has 0 N–H and O–H groups in total. The molecule has 0 amide bonds. The number of hydrogen-bond donors (Lipinski definition) is 0. The minimum Gasteiger partial charge on any atom is -0.490 e. The van der Waals surface area contributed by atoms with E-state index in [9.17, 15) is 0 Å². The fraction of sp³-hybridized carbons (Fsp3) is 0.520. The molecule has 0 saturated carbocycles. The van der Waals surface area contributed by atoms with Crippen molar-refractivity contribution in [3.8, 4) is 28.8 Å². The fourth-order valence-corrected chi connectivity index (χ4v) is 4.81. The topological polar surface area (TPSA) is 77.3 Å². The van der Waals surface area contributed by atoms with Gasteiger partial charge in [0.15, 0.2) is 0 Å². The van der Waals surface area contributed by atoms with E-state index in [0.29, 0.717) is 6.61 Å². The van der Waals surface area contributed by atoms with Crippen molar-refractivity contribution in [1.82, 2.24) is 34.5 Å². The third-order valence-corrected chi connectivity index (χ3v) is 6.73. The maximum Gasteiger partial charge on any atom is 0.147 e. The number of nitrogens with zero attached hydrogens (tertiary/aromatic N) is 8.